The first-order valence-electron chi connectivity index (χ1n) is 9.06. The summed E-state index contributed by atoms with van der Waals surface area (Å²) in [5.74, 6) is -1.48. The number of nitrogens with one attached hydrogen (secondary N) is 2. The zero-order valence-electron chi connectivity index (χ0n) is 16.2. The SMILES string of the molecule is O=C(Nc1nc(-c2ccc(F)c(C(F)(F)F)c2)ns1)c1ccc(Nc2cc(Cl)ncn2)cc1. The summed E-state index contributed by atoms with van der Waals surface area (Å²) < 4.78 is 56.2. The molecule has 0 atom stereocenters. The summed E-state index contributed by atoms with van der Waals surface area (Å²) in [5, 5.41) is 5.89. The smallest absolute Gasteiger partial charge is 0.340 e. The summed E-state index contributed by atoms with van der Waals surface area (Å²) in [5.41, 5.74) is -0.491. The molecule has 2 aromatic carbocycles. The van der Waals surface area contributed by atoms with E-state index in [1.807, 2.05) is 0 Å². The van der Waals surface area contributed by atoms with E-state index in [1.54, 1.807) is 24.3 Å². The minimum Gasteiger partial charge on any atom is -0.340 e. The number of rotatable bonds is 5. The number of amides is 1. The summed E-state index contributed by atoms with van der Waals surface area (Å²) in [6.07, 6.45) is -3.55. The van der Waals surface area contributed by atoms with Gasteiger partial charge in [0.2, 0.25) is 5.13 Å². The second kappa shape index (κ2) is 9.08. The molecule has 4 rings (SSSR count). The second-order valence-electron chi connectivity index (χ2n) is 6.50. The van der Waals surface area contributed by atoms with Gasteiger partial charge in [-0.15, -0.1) is 0 Å². The predicted molar refractivity (Wildman–Crippen MR) is 115 cm³/mol. The third kappa shape index (κ3) is 5.41. The van der Waals surface area contributed by atoms with Crippen LogP contribution in [0.4, 0.5) is 34.2 Å². The fraction of sp³-hybridized carbons (Fsp3) is 0.0500. The summed E-state index contributed by atoms with van der Waals surface area (Å²) >= 11 is 6.59. The first-order valence-corrected chi connectivity index (χ1v) is 10.2. The van der Waals surface area contributed by atoms with E-state index in [2.05, 4.69) is 30.0 Å². The van der Waals surface area contributed by atoms with Crippen LogP contribution in [0.3, 0.4) is 0 Å². The van der Waals surface area contributed by atoms with Gasteiger partial charge in [0.05, 0.1) is 5.56 Å². The second-order valence-corrected chi connectivity index (χ2v) is 7.64. The molecule has 0 aliphatic heterocycles. The minimum absolute atomic E-state index is 0.0271. The number of hydrogen-bond donors (Lipinski definition) is 2. The van der Waals surface area contributed by atoms with Crippen LogP contribution in [0.1, 0.15) is 15.9 Å². The van der Waals surface area contributed by atoms with Gasteiger partial charge in [0.1, 0.15) is 23.1 Å². The lowest BCUT2D eigenvalue weighted by Gasteiger charge is -2.08. The van der Waals surface area contributed by atoms with Crippen LogP contribution >= 0.6 is 23.1 Å². The first kappa shape index (κ1) is 22.6. The van der Waals surface area contributed by atoms with Crippen molar-refractivity contribution in [2.24, 2.45) is 0 Å². The van der Waals surface area contributed by atoms with Gasteiger partial charge in [-0.2, -0.15) is 22.5 Å². The molecule has 13 heteroatoms. The van der Waals surface area contributed by atoms with Crippen LogP contribution < -0.4 is 10.6 Å². The summed E-state index contributed by atoms with van der Waals surface area (Å²) in [7, 11) is 0. The highest BCUT2D eigenvalue weighted by Crippen LogP contribution is 2.34. The molecule has 0 aliphatic rings. The van der Waals surface area contributed by atoms with Crippen molar-refractivity contribution < 1.29 is 22.4 Å². The molecule has 1 amide bonds. The van der Waals surface area contributed by atoms with E-state index < -0.39 is 23.5 Å². The van der Waals surface area contributed by atoms with Crippen LogP contribution in [-0.4, -0.2) is 25.2 Å². The number of nitrogens with zero attached hydrogens (tertiary/aromatic N) is 4. The molecule has 2 N–H and O–H groups in total. The molecule has 2 aromatic heterocycles. The van der Waals surface area contributed by atoms with Crippen molar-refractivity contribution in [3.05, 3.63) is 77.0 Å². The number of anilines is 3. The lowest BCUT2D eigenvalue weighted by Crippen LogP contribution is -2.11. The van der Waals surface area contributed by atoms with E-state index in [9.17, 15) is 22.4 Å². The normalized spacial score (nSPS) is 11.3. The molecule has 33 heavy (non-hydrogen) atoms. The van der Waals surface area contributed by atoms with Gasteiger partial charge < -0.3 is 5.32 Å². The largest absolute Gasteiger partial charge is 0.419 e. The molecule has 2 heterocycles. The number of hydrogen-bond acceptors (Lipinski definition) is 7. The fourth-order valence-corrected chi connectivity index (χ4v) is 3.43. The van der Waals surface area contributed by atoms with Crippen molar-refractivity contribution in [1.82, 2.24) is 19.3 Å². The molecule has 0 fully saturated rings. The van der Waals surface area contributed by atoms with Crippen LogP contribution in [0.25, 0.3) is 11.4 Å². The standard InChI is InChI=1S/C20H11ClF4N6OS/c21-15-8-16(27-9-26-15)28-12-4-1-10(2-5-12)18(32)30-19-29-17(31-33-19)11-3-6-14(22)13(7-11)20(23,24)25/h1-9H,(H,26,27,28)(H,29,30,31,32). The Morgan fingerprint density at radius 1 is 1.03 bits per heavy atom. The van der Waals surface area contributed by atoms with Crippen molar-refractivity contribution in [2.75, 3.05) is 10.6 Å². The molecule has 7 nitrogen and oxygen atoms in total. The molecule has 0 saturated carbocycles. The van der Waals surface area contributed by atoms with Gasteiger partial charge in [-0.05, 0) is 42.5 Å². The maximum absolute atomic E-state index is 13.5. The zero-order valence-corrected chi connectivity index (χ0v) is 17.8. The van der Waals surface area contributed by atoms with E-state index in [0.717, 1.165) is 17.6 Å². The zero-order chi connectivity index (χ0) is 23.6. The fourth-order valence-electron chi connectivity index (χ4n) is 2.70. The molecule has 0 spiro atoms. The average molecular weight is 495 g/mol. The predicted octanol–water partition coefficient (Wildman–Crippen LogP) is 5.80. The van der Waals surface area contributed by atoms with E-state index >= 15 is 0 Å². The Balaban J connectivity index is 1.45. The first-order chi connectivity index (χ1) is 15.7. The highest BCUT2D eigenvalue weighted by Gasteiger charge is 2.34. The van der Waals surface area contributed by atoms with Crippen molar-refractivity contribution in [3.8, 4) is 11.4 Å². The Morgan fingerprint density at radius 3 is 2.48 bits per heavy atom. The Morgan fingerprint density at radius 2 is 1.79 bits per heavy atom. The van der Waals surface area contributed by atoms with Gasteiger partial charge in [-0.1, -0.05) is 11.6 Å². The molecule has 4 aromatic rings. The average Bonchev–Trinajstić information content (AvgIpc) is 3.22. The highest BCUT2D eigenvalue weighted by molar-refractivity contribution is 7.10. The topological polar surface area (TPSA) is 92.7 Å². The van der Waals surface area contributed by atoms with Crippen molar-refractivity contribution >= 4 is 45.7 Å². The van der Waals surface area contributed by atoms with E-state index in [0.29, 0.717) is 29.2 Å². The molecule has 0 aliphatic carbocycles. The molecule has 0 saturated heterocycles. The van der Waals surface area contributed by atoms with Crippen molar-refractivity contribution in [2.45, 2.75) is 6.18 Å². The molecular weight excluding hydrogens is 484 g/mol. The van der Waals surface area contributed by atoms with Gasteiger partial charge in [0.15, 0.2) is 5.82 Å². The number of carbonyl (C=O) groups excluding carboxylic acids is 1. The van der Waals surface area contributed by atoms with E-state index in [-0.39, 0.29) is 21.7 Å². The number of carbonyl (C=O) groups is 1. The van der Waals surface area contributed by atoms with Gasteiger partial charge in [-0.25, -0.2) is 14.4 Å². The highest BCUT2D eigenvalue weighted by atomic mass is 35.5. The van der Waals surface area contributed by atoms with Crippen LogP contribution in [0.2, 0.25) is 5.15 Å². The Kier molecular flexibility index (Phi) is 6.20. The third-order valence-corrected chi connectivity index (χ3v) is 5.07. The Hall–Kier alpha value is -3.64. The maximum atomic E-state index is 13.5. The summed E-state index contributed by atoms with van der Waals surface area (Å²) in [4.78, 5) is 24.3. The minimum atomic E-state index is -4.85. The molecule has 0 bridgehead atoms. The van der Waals surface area contributed by atoms with E-state index in [1.165, 1.54) is 12.4 Å². The van der Waals surface area contributed by atoms with Crippen LogP contribution in [0.5, 0.6) is 0 Å². The number of benzene rings is 2. The molecule has 0 unspecified atom stereocenters. The lowest BCUT2D eigenvalue weighted by atomic mass is 10.1. The summed E-state index contributed by atoms with van der Waals surface area (Å²) in [6.45, 7) is 0. The van der Waals surface area contributed by atoms with Gasteiger partial charge in [-0.3, -0.25) is 10.1 Å². The van der Waals surface area contributed by atoms with Crippen molar-refractivity contribution in [3.63, 3.8) is 0 Å². The number of halogens is 5. The number of aromatic nitrogens is 4. The maximum Gasteiger partial charge on any atom is 0.419 e. The monoisotopic (exact) mass is 494 g/mol. The molecule has 0 radical (unpaired) electrons. The summed E-state index contributed by atoms with van der Waals surface area (Å²) in [6, 6.07) is 10.4. The van der Waals surface area contributed by atoms with E-state index in [4.69, 9.17) is 11.6 Å². The number of alkyl halides is 3. The molecular formula is C20H11ClF4N6OS. The Labute approximate surface area is 192 Å². The lowest BCUT2D eigenvalue weighted by molar-refractivity contribution is -0.139. The third-order valence-electron chi connectivity index (χ3n) is 4.23. The van der Waals surface area contributed by atoms with Crippen LogP contribution in [0, 0.1) is 5.82 Å². The molecule has 168 valence electrons. The van der Waals surface area contributed by atoms with Crippen LogP contribution in [0.15, 0.2) is 54.9 Å². The van der Waals surface area contributed by atoms with Crippen LogP contribution in [-0.2, 0) is 6.18 Å². The van der Waals surface area contributed by atoms with Crippen molar-refractivity contribution in [1.29, 1.82) is 0 Å². The van der Waals surface area contributed by atoms with Gasteiger partial charge in [0.25, 0.3) is 5.91 Å². The quantitative estimate of drug-likeness (QED) is 0.269. The Bertz CT molecular complexity index is 1310. The van der Waals surface area contributed by atoms with Gasteiger partial charge >= 0.3 is 6.18 Å². The van der Waals surface area contributed by atoms with Gasteiger partial charge in [0, 0.05) is 34.4 Å².